The minimum Gasteiger partial charge on any atom is -0.441 e. The minimum atomic E-state index is 0.263. The molecule has 3 heteroatoms. The second-order valence-corrected chi connectivity index (χ2v) is 4.42. The molecule has 0 fully saturated rings. The summed E-state index contributed by atoms with van der Waals surface area (Å²) in [5, 5.41) is 0. The molecule has 3 nitrogen and oxygen atoms in total. The summed E-state index contributed by atoms with van der Waals surface area (Å²) in [5.74, 6) is 0.707. The molecule has 0 amide bonds. The molecular weight excluding hydrogens is 212 g/mol. The molecule has 2 rings (SSSR count). The summed E-state index contributed by atoms with van der Waals surface area (Å²) in [4.78, 5) is 4.27. The number of nitrogens with two attached hydrogens (primary N) is 1. The number of aryl methyl sites for hydroxylation is 1. The molecule has 0 spiro atoms. The number of benzene rings is 1. The first kappa shape index (κ1) is 11.9. The molecule has 0 saturated heterocycles. The quantitative estimate of drug-likeness (QED) is 0.877. The van der Waals surface area contributed by atoms with Gasteiger partial charge in [0.25, 0.3) is 0 Å². The van der Waals surface area contributed by atoms with Crippen LogP contribution in [0.5, 0.6) is 0 Å². The number of nitrogens with zero attached hydrogens (tertiary/aromatic N) is 1. The maximum Gasteiger partial charge on any atom is 0.192 e. The van der Waals surface area contributed by atoms with Crippen molar-refractivity contribution in [3.63, 3.8) is 0 Å². The van der Waals surface area contributed by atoms with Gasteiger partial charge in [-0.2, -0.15) is 0 Å². The fourth-order valence-electron chi connectivity index (χ4n) is 1.74. The zero-order valence-electron chi connectivity index (χ0n) is 10.3. The van der Waals surface area contributed by atoms with Gasteiger partial charge < -0.3 is 10.2 Å². The predicted molar refractivity (Wildman–Crippen MR) is 70.7 cm³/mol. The molecule has 0 saturated carbocycles. The van der Waals surface area contributed by atoms with E-state index in [1.54, 1.807) is 0 Å². The Balaban J connectivity index is 2.08. The van der Waals surface area contributed by atoms with Crippen molar-refractivity contribution in [2.45, 2.75) is 32.7 Å². The third kappa shape index (κ3) is 3.17. The Bertz CT molecular complexity index is 526. The first-order chi connectivity index (χ1) is 8.15. The molecule has 0 radical (unpaired) electrons. The van der Waals surface area contributed by atoms with E-state index in [2.05, 4.69) is 17.1 Å². The molecule has 1 atom stereocenters. The second-order valence-electron chi connectivity index (χ2n) is 4.42. The molecule has 1 unspecified atom stereocenters. The van der Waals surface area contributed by atoms with Crippen LogP contribution >= 0.6 is 0 Å². The van der Waals surface area contributed by atoms with Gasteiger partial charge in [-0.25, -0.2) is 4.98 Å². The van der Waals surface area contributed by atoms with Crippen LogP contribution < -0.4 is 5.73 Å². The normalized spacial score (nSPS) is 13.6. The molecule has 2 N–H and O–H groups in total. The Kier molecular flexibility index (Phi) is 3.59. The Morgan fingerprint density at radius 3 is 3.06 bits per heavy atom. The monoisotopic (exact) mass is 230 g/mol. The van der Waals surface area contributed by atoms with Crippen LogP contribution in [0.15, 0.2) is 28.7 Å². The van der Waals surface area contributed by atoms with Crippen molar-refractivity contribution in [2.24, 2.45) is 5.73 Å². The summed E-state index contributed by atoms with van der Waals surface area (Å²) >= 11 is 0. The van der Waals surface area contributed by atoms with E-state index in [9.17, 15) is 0 Å². The average Bonchev–Trinajstić information content (AvgIpc) is 2.63. The van der Waals surface area contributed by atoms with Crippen LogP contribution in [-0.4, -0.2) is 11.0 Å². The topological polar surface area (TPSA) is 52.0 Å². The summed E-state index contributed by atoms with van der Waals surface area (Å²) < 4.78 is 5.49. The molecule has 0 aliphatic carbocycles. The SMILES string of the molecule is Cc1nc2ccc(/C=C/CCC(C)N)cc2o1. The number of aromatic nitrogens is 1. The van der Waals surface area contributed by atoms with E-state index in [1.165, 1.54) is 0 Å². The number of fused-ring (bicyclic) bond motifs is 1. The summed E-state index contributed by atoms with van der Waals surface area (Å²) in [5.41, 5.74) is 8.59. The lowest BCUT2D eigenvalue weighted by atomic mass is 10.1. The highest BCUT2D eigenvalue weighted by atomic mass is 16.3. The number of hydrogen-bond donors (Lipinski definition) is 1. The maximum absolute atomic E-state index is 5.69. The molecule has 1 aromatic carbocycles. The largest absolute Gasteiger partial charge is 0.441 e. The van der Waals surface area contributed by atoms with Crippen LogP contribution in [0.1, 0.15) is 31.2 Å². The third-order valence-electron chi connectivity index (χ3n) is 2.62. The van der Waals surface area contributed by atoms with Crippen molar-refractivity contribution in [2.75, 3.05) is 0 Å². The molecule has 0 aliphatic heterocycles. The van der Waals surface area contributed by atoms with Crippen LogP contribution in [0, 0.1) is 6.92 Å². The van der Waals surface area contributed by atoms with Crippen molar-refractivity contribution in [3.05, 3.63) is 35.7 Å². The van der Waals surface area contributed by atoms with Gasteiger partial charge in [-0.1, -0.05) is 18.2 Å². The van der Waals surface area contributed by atoms with Crippen molar-refractivity contribution < 1.29 is 4.42 Å². The van der Waals surface area contributed by atoms with Gasteiger partial charge in [0, 0.05) is 13.0 Å². The van der Waals surface area contributed by atoms with Gasteiger partial charge in [-0.05, 0) is 37.5 Å². The number of oxazole rings is 1. The summed E-state index contributed by atoms with van der Waals surface area (Å²) in [6.07, 6.45) is 6.26. The fraction of sp³-hybridized carbons (Fsp3) is 0.357. The molecule has 0 bridgehead atoms. The zero-order valence-corrected chi connectivity index (χ0v) is 10.3. The lowest BCUT2D eigenvalue weighted by molar-refractivity contribution is 0.561. The summed E-state index contributed by atoms with van der Waals surface area (Å²) in [7, 11) is 0. The summed E-state index contributed by atoms with van der Waals surface area (Å²) in [6, 6.07) is 6.31. The Morgan fingerprint density at radius 2 is 2.29 bits per heavy atom. The van der Waals surface area contributed by atoms with E-state index in [1.807, 2.05) is 32.0 Å². The molecule has 1 aromatic heterocycles. The lowest BCUT2D eigenvalue weighted by Crippen LogP contribution is -2.13. The number of hydrogen-bond acceptors (Lipinski definition) is 3. The Hall–Kier alpha value is -1.61. The van der Waals surface area contributed by atoms with Gasteiger partial charge in [-0.3, -0.25) is 0 Å². The zero-order chi connectivity index (χ0) is 12.3. The van der Waals surface area contributed by atoms with Gasteiger partial charge in [0.15, 0.2) is 11.5 Å². The van der Waals surface area contributed by atoms with Crippen molar-refractivity contribution in [3.8, 4) is 0 Å². The highest BCUT2D eigenvalue weighted by Gasteiger charge is 2.01. The van der Waals surface area contributed by atoms with Gasteiger partial charge in [0.1, 0.15) is 5.52 Å². The first-order valence-electron chi connectivity index (χ1n) is 5.94. The number of rotatable bonds is 4. The van der Waals surface area contributed by atoms with Crippen LogP contribution in [0.4, 0.5) is 0 Å². The van der Waals surface area contributed by atoms with Gasteiger partial charge in [0.2, 0.25) is 0 Å². The van der Waals surface area contributed by atoms with Crippen LogP contribution in [0.25, 0.3) is 17.2 Å². The Morgan fingerprint density at radius 1 is 1.47 bits per heavy atom. The van der Waals surface area contributed by atoms with Gasteiger partial charge in [0.05, 0.1) is 0 Å². The van der Waals surface area contributed by atoms with Crippen molar-refractivity contribution >= 4 is 17.2 Å². The molecule has 90 valence electrons. The fourth-order valence-corrected chi connectivity index (χ4v) is 1.74. The molecule has 1 heterocycles. The number of allylic oxidation sites excluding steroid dienone is 1. The molecular formula is C14H18N2O. The molecule has 2 aromatic rings. The van der Waals surface area contributed by atoms with Crippen LogP contribution in [0.2, 0.25) is 0 Å². The average molecular weight is 230 g/mol. The lowest BCUT2D eigenvalue weighted by Gasteiger charge is -1.99. The first-order valence-corrected chi connectivity index (χ1v) is 5.94. The maximum atomic E-state index is 5.69. The molecule has 17 heavy (non-hydrogen) atoms. The van der Waals surface area contributed by atoms with Crippen LogP contribution in [-0.2, 0) is 0 Å². The second kappa shape index (κ2) is 5.15. The van der Waals surface area contributed by atoms with E-state index >= 15 is 0 Å². The van der Waals surface area contributed by atoms with Crippen molar-refractivity contribution in [1.82, 2.24) is 4.98 Å². The highest BCUT2D eigenvalue weighted by molar-refractivity contribution is 5.76. The van der Waals surface area contributed by atoms with Gasteiger partial charge in [-0.15, -0.1) is 0 Å². The molecule has 0 aliphatic rings. The predicted octanol–water partition coefficient (Wildman–Crippen LogP) is 3.28. The van der Waals surface area contributed by atoms with E-state index < -0.39 is 0 Å². The smallest absolute Gasteiger partial charge is 0.192 e. The van der Waals surface area contributed by atoms with E-state index in [0.29, 0.717) is 5.89 Å². The van der Waals surface area contributed by atoms with E-state index in [0.717, 1.165) is 29.5 Å². The highest BCUT2D eigenvalue weighted by Crippen LogP contribution is 2.17. The minimum absolute atomic E-state index is 0.263. The summed E-state index contributed by atoms with van der Waals surface area (Å²) in [6.45, 7) is 3.88. The van der Waals surface area contributed by atoms with E-state index in [-0.39, 0.29) is 6.04 Å². The standard InChI is InChI=1S/C14H18N2O/c1-10(15)5-3-4-6-12-7-8-13-14(9-12)17-11(2)16-13/h4,6-10H,3,5,15H2,1-2H3/b6-4+. The van der Waals surface area contributed by atoms with Gasteiger partial charge >= 0.3 is 0 Å². The third-order valence-corrected chi connectivity index (χ3v) is 2.62. The van der Waals surface area contributed by atoms with Crippen molar-refractivity contribution in [1.29, 1.82) is 0 Å². The Labute approximate surface area is 101 Å². The van der Waals surface area contributed by atoms with E-state index in [4.69, 9.17) is 10.2 Å². The van der Waals surface area contributed by atoms with Crippen LogP contribution in [0.3, 0.4) is 0 Å².